The van der Waals surface area contributed by atoms with Crippen molar-refractivity contribution in [3.05, 3.63) is 11.8 Å². The van der Waals surface area contributed by atoms with Crippen LogP contribution in [0.2, 0.25) is 0 Å². The van der Waals surface area contributed by atoms with Gasteiger partial charge in [-0.15, -0.1) is 0 Å². The van der Waals surface area contributed by atoms with Gasteiger partial charge in [-0.25, -0.2) is 0 Å². The molecule has 2 atom stereocenters. The summed E-state index contributed by atoms with van der Waals surface area (Å²) < 4.78 is 5.42. The molecule has 4 heteroatoms. The second-order valence-electron chi connectivity index (χ2n) is 3.22. The highest BCUT2D eigenvalue weighted by atomic mass is 16.5. The van der Waals surface area contributed by atoms with Gasteiger partial charge in [0.15, 0.2) is 0 Å². The number of hydrogen-bond donors (Lipinski definition) is 1. The van der Waals surface area contributed by atoms with Gasteiger partial charge in [0, 0.05) is 6.42 Å². The van der Waals surface area contributed by atoms with E-state index in [1.807, 2.05) is 26.8 Å². The van der Waals surface area contributed by atoms with Gasteiger partial charge in [-0.3, -0.25) is 9.79 Å². The van der Waals surface area contributed by atoms with Crippen LogP contribution in [0.5, 0.6) is 0 Å². The maximum Gasteiger partial charge on any atom is 0.268 e. The van der Waals surface area contributed by atoms with Crippen LogP contribution < -0.4 is 5.32 Å². The number of allylic oxidation sites excluding steroid dienone is 1. The number of hydrogen-bond acceptors (Lipinski definition) is 3. The molecule has 1 amide bonds. The van der Waals surface area contributed by atoms with Gasteiger partial charge in [0.05, 0.1) is 5.76 Å². The molecule has 15 heavy (non-hydrogen) atoms. The van der Waals surface area contributed by atoms with Crippen LogP contribution in [0.4, 0.5) is 0 Å². The average molecular weight is 210 g/mol. The van der Waals surface area contributed by atoms with Crippen LogP contribution >= 0.6 is 0 Å². The van der Waals surface area contributed by atoms with E-state index in [4.69, 9.17) is 4.74 Å². The van der Waals surface area contributed by atoms with E-state index in [0.717, 1.165) is 12.2 Å². The van der Waals surface area contributed by atoms with Crippen molar-refractivity contribution in [2.75, 3.05) is 0 Å². The van der Waals surface area contributed by atoms with Crippen LogP contribution in [-0.4, -0.2) is 23.9 Å². The molecule has 0 spiro atoms. The molecule has 4 nitrogen and oxygen atoms in total. The van der Waals surface area contributed by atoms with Crippen LogP contribution in [0, 0.1) is 0 Å². The first-order valence-electron chi connectivity index (χ1n) is 5.43. The van der Waals surface area contributed by atoms with E-state index < -0.39 is 6.10 Å². The summed E-state index contributed by atoms with van der Waals surface area (Å²) in [6.07, 6.45) is 2.31. The molecule has 0 fully saturated rings. The number of amides is 1. The van der Waals surface area contributed by atoms with Crippen molar-refractivity contribution >= 4 is 11.7 Å². The maximum absolute atomic E-state index is 11.4. The van der Waals surface area contributed by atoms with Crippen LogP contribution in [0.3, 0.4) is 0 Å². The standard InChI is InChI=1S/C9H12N2O2.C2H6/c1-3-6-4-7-8(13-6)9(12)11-5(2)10-7;1-2/h4,7-8H,3H2,1-2H3,(H,10,11,12);1-2H3. The molecule has 1 N–H and O–H groups in total. The molecule has 2 aliphatic rings. The fraction of sp³-hybridized carbons (Fsp3) is 0.636. The molecule has 0 aromatic rings. The first-order valence-corrected chi connectivity index (χ1v) is 5.43. The first-order chi connectivity index (χ1) is 7.20. The molecule has 0 aliphatic carbocycles. The zero-order valence-corrected chi connectivity index (χ0v) is 9.70. The van der Waals surface area contributed by atoms with Gasteiger partial charge in [0.25, 0.3) is 5.91 Å². The molecular weight excluding hydrogens is 192 g/mol. The molecular formula is C11H18N2O2. The minimum atomic E-state index is -0.432. The zero-order chi connectivity index (χ0) is 11.4. The van der Waals surface area contributed by atoms with E-state index in [-0.39, 0.29) is 11.9 Å². The number of nitrogens with one attached hydrogen (secondary N) is 1. The van der Waals surface area contributed by atoms with Crippen molar-refractivity contribution in [3.8, 4) is 0 Å². The summed E-state index contributed by atoms with van der Waals surface area (Å²) in [6, 6.07) is -0.108. The second-order valence-corrected chi connectivity index (χ2v) is 3.22. The van der Waals surface area contributed by atoms with E-state index in [1.54, 1.807) is 6.92 Å². The van der Waals surface area contributed by atoms with Crippen molar-refractivity contribution in [1.29, 1.82) is 0 Å². The largest absolute Gasteiger partial charge is 0.483 e. The molecule has 0 saturated heterocycles. The summed E-state index contributed by atoms with van der Waals surface area (Å²) in [6.45, 7) is 7.78. The quantitative estimate of drug-likeness (QED) is 0.715. The minimum Gasteiger partial charge on any atom is -0.483 e. The Morgan fingerprint density at radius 1 is 1.53 bits per heavy atom. The van der Waals surface area contributed by atoms with E-state index in [2.05, 4.69) is 10.3 Å². The Morgan fingerprint density at radius 2 is 2.20 bits per heavy atom. The molecule has 0 bridgehead atoms. The predicted molar refractivity (Wildman–Crippen MR) is 59.6 cm³/mol. The Kier molecular flexibility index (Phi) is 3.88. The van der Waals surface area contributed by atoms with Crippen LogP contribution in [0.1, 0.15) is 34.1 Å². The normalized spacial score (nSPS) is 27.6. The number of carbonyl (C=O) groups is 1. The van der Waals surface area contributed by atoms with E-state index in [1.165, 1.54) is 0 Å². The monoisotopic (exact) mass is 210 g/mol. The number of fused-ring (bicyclic) bond motifs is 1. The lowest BCUT2D eigenvalue weighted by molar-refractivity contribution is -0.128. The van der Waals surface area contributed by atoms with Crippen molar-refractivity contribution in [1.82, 2.24) is 5.32 Å². The summed E-state index contributed by atoms with van der Waals surface area (Å²) in [4.78, 5) is 15.7. The molecule has 2 heterocycles. The number of rotatable bonds is 1. The number of nitrogens with zero attached hydrogens (tertiary/aromatic N) is 1. The lowest BCUT2D eigenvalue weighted by Crippen LogP contribution is -2.47. The van der Waals surface area contributed by atoms with Crippen molar-refractivity contribution in [2.45, 2.75) is 46.3 Å². The lowest BCUT2D eigenvalue weighted by atomic mass is 10.1. The van der Waals surface area contributed by atoms with Gasteiger partial charge in [0.2, 0.25) is 6.10 Å². The van der Waals surface area contributed by atoms with Gasteiger partial charge in [-0.05, 0) is 13.0 Å². The summed E-state index contributed by atoms with van der Waals surface area (Å²) in [5.41, 5.74) is 0. The maximum atomic E-state index is 11.4. The fourth-order valence-corrected chi connectivity index (χ4v) is 1.57. The molecule has 0 saturated carbocycles. The Morgan fingerprint density at radius 3 is 2.80 bits per heavy atom. The molecule has 2 aliphatic heterocycles. The number of aliphatic imine (C=N–C) groups is 1. The van der Waals surface area contributed by atoms with Crippen molar-refractivity contribution < 1.29 is 9.53 Å². The number of ether oxygens (including phenoxy) is 1. The average Bonchev–Trinajstić information content (AvgIpc) is 2.64. The Labute approximate surface area is 90.4 Å². The SMILES string of the molecule is CC.CCC1=CC2N=C(C)NC(=O)C2O1. The van der Waals surface area contributed by atoms with Gasteiger partial charge in [-0.1, -0.05) is 20.8 Å². The Bertz CT molecular complexity index is 308. The molecule has 2 rings (SSSR count). The van der Waals surface area contributed by atoms with Crippen LogP contribution in [0.25, 0.3) is 0 Å². The molecule has 0 aromatic heterocycles. The van der Waals surface area contributed by atoms with Gasteiger partial charge >= 0.3 is 0 Å². The molecule has 2 unspecified atom stereocenters. The second kappa shape index (κ2) is 4.96. The van der Waals surface area contributed by atoms with Crippen molar-refractivity contribution in [3.63, 3.8) is 0 Å². The van der Waals surface area contributed by atoms with E-state index in [9.17, 15) is 4.79 Å². The third-order valence-electron chi connectivity index (χ3n) is 2.20. The Balaban J connectivity index is 0.000000531. The summed E-state index contributed by atoms with van der Waals surface area (Å²) in [7, 11) is 0. The zero-order valence-electron chi connectivity index (χ0n) is 9.70. The highest BCUT2D eigenvalue weighted by molar-refractivity contribution is 6.01. The molecule has 0 radical (unpaired) electrons. The van der Waals surface area contributed by atoms with Crippen molar-refractivity contribution in [2.24, 2.45) is 4.99 Å². The third-order valence-corrected chi connectivity index (χ3v) is 2.20. The molecule has 0 aromatic carbocycles. The summed E-state index contributed by atoms with van der Waals surface area (Å²) in [5, 5.41) is 2.65. The minimum absolute atomic E-state index is 0.0859. The Hall–Kier alpha value is -1.32. The van der Waals surface area contributed by atoms with Crippen LogP contribution in [-0.2, 0) is 9.53 Å². The number of amidine groups is 1. The lowest BCUT2D eigenvalue weighted by Gasteiger charge is -2.21. The summed E-state index contributed by atoms with van der Waals surface area (Å²) >= 11 is 0. The van der Waals surface area contributed by atoms with Gasteiger partial charge in [0.1, 0.15) is 11.9 Å². The highest BCUT2D eigenvalue weighted by Crippen LogP contribution is 2.24. The fourth-order valence-electron chi connectivity index (χ4n) is 1.57. The summed E-state index contributed by atoms with van der Waals surface area (Å²) in [5.74, 6) is 1.45. The molecule has 84 valence electrons. The van der Waals surface area contributed by atoms with E-state index in [0.29, 0.717) is 5.84 Å². The van der Waals surface area contributed by atoms with Gasteiger partial charge < -0.3 is 10.1 Å². The predicted octanol–water partition coefficient (Wildman–Crippen LogP) is 1.62. The van der Waals surface area contributed by atoms with Gasteiger partial charge in [-0.2, -0.15) is 0 Å². The number of carbonyl (C=O) groups excluding carboxylic acids is 1. The highest BCUT2D eigenvalue weighted by Gasteiger charge is 2.37. The topological polar surface area (TPSA) is 50.7 Å². The van der Waals surface area contributed by atoms with Crippen LogP contribution in [0.15, 0.2) is 16.8 Å². The van der Waals surface area contributed by atoms with E-state index >= 15 is 0 Å². The smallest absolute Gasteiger partial charge is 0.268 e. The third kappa shape index (κ3) is 2.37. The first kappa shape index (κ1) is 11.8.